The van der Waals surface area contributed by atoms with Crippen LogP contribution in [0.15, 0.2) is 27.9 Å². The van der Waals surface area contributed by atoms with Crippen LogP contribution in [0.1, 0.15) is 26.7 Å². The van der Waals surface area contributed by atoms with Crippen LogP contribution in [0.4, 0.5) is 0 Å². The number of esters is 1. The van der Waals surface area contributed by atoms with Gasteiger partial charge in [-0.2, -0.15) is 0 Å². The average Bonchev–Trinajstić information content (AvgIpc) is 2.94. The molecule has 4 aliphatic rings. The van der Waals surface area contributed by atoms with Gasteiger partial charge in [0.1, 0.15) is 6.10 Å². The number of hydrogen-bond acceptors (Lipinski definition) is 4. The molecule has 1 spiro atoms. The molecule has 0 aromatic carbocycles. The molecule has 0 amide bonds. The fourth-order valence-electron chi connectivity index (χ4n) is 4.71. The fraction of sp³-hybridized carbons (Fsp3) is 0.647. The van der Waals surface area contributed by atoms with Crippen LogP contribution in [0.25, 0.3) is 0 Å². The van der Waals surface area contributed by atoms with Gasteiger partial charge in [0.05, 0.1) is 12.5 Å². The zero-order chi connectivity index (χ0) is 15.5. The summed E-state index contributed by atoms with van der Waals surface area (Å²) in [6, 6.07) is 0. The molecule has 0 bridgehead atoms. The van der Waals surface area contributed by atoms with E-state index in [1.165, 1.54) is 6.42 Å². The van der Waals surface area contributed by atoms with Crippen LogP contribution < -0.4 is 0 Å². The van der Waals surface area contributed by atoms with E-state index in [0.717, 1.165) is 10.9 Å². The smallest absolute Gasteiger partial charge is 0.356 e. The number of ether oxygens (including phenoxy) is 1. The number of hydrogen-bond donors (Lipinski definition) is 0. The minimum absolute atomic E-state index is 0.0414. The number of nitrogens with zero attached hydrogens (tertiary/aromatic N) is 1. The van der Waals surface area contributed by atoms with Crippen molar-refractivity contribution in [2.45, 2.75) is 32.8 Å². The highest BCUT2D eigenvalue weighted by atomic mass is 79.9. The third-order valence-corrected chi connectivity index (χ3v) is 6.41. The molecular formula is C17H20BrNO3. The third kappa shape index (κ3) is 1.94. The van der Waals surface area contributed by atoms with Gasteiger partial charge in [-0.05, 0) is 37.0 Å². The van der Waals surface area contributed by atoms with Gasteiger partial charge in [0, 0.05) is 10.4 Å². The van der Waals surface area contributed by atoms with E-state index in [9.17, 15) is 4.79 Å². The zero-order valence-electron chi connectivity index (χ0n) is 12.8. The first kappa shape index (κ1) is 14.5. The molecular weight excluding hydrogens is 346 g/mol. The summed E-state index contributed by atoms with van der Waals surface area (Å²) in [5, 5.41) is 4.11. The SMILES string of the molecule is CCOC(=O)C1=NOC2C1CC1(C[C@@H]1C)C1C=CC(Br)=CC21. The van der Waals surface area contributed by atoms with Crippen molar-refractivity contribution in [1.82, 2.24) is 0 Å². The van der Waals surface area contributed by atoms with Crippen molar-refractivity contribution < 1.29 is 14.4 Å². The van der Waals surface area contributed by atoms with Gasteiger partial charge in [0.2, 0.25) is 0 Å². The summed E-state index contributed by atoms with van der Waals surface area (Å²) in [6.45, 7) is 4.51. The molecule has 5 unspecified atom stereocenters. The first-order chi connectivity index (χ1) is 10.6. The van der Waals surface area contributed by atoms with E-state index in [1.807, 2.05) is 6.92 Å². The Morgan fingerprint density at radius 1 is 1.55 bits per heavy atom. The molecule has 4 nitrogen and oxygen atoms in total. The number of rotatable bonds is 2. The Balaban J connectivity index is 1.67. The Hall–Kier alpha value is -1.10. The molecule has 1 aliphatic heterocycles. The second-order valence-corrected chi connectivity index (χ2v) is 7.85. The van der Waals surface area contributed by atoms with Gasteiger partial charge >= 0.3 is 5.97 Å². The van der Waals surface area contributed by atoms with Gasteiger partial charge in [0.25, 0.3) is 0 Å². The highest BCUT2D eigenvalue weighted by molar-refractivity contribution is 9.11. The van der Waals surface area contributed by atoms with Gasteiger partial charge in [0.15, 0.2) is 5.71 Å². The molecule has 22 heavy (non-hydrogen) atoms. The topological polar surface area (TPSA) is 47.9 Å². The largest absolute Gasteiger partial charge is 0.461 e. The maximum absolute atomic E-state index is 12.2. The summed E-state index contributed by atoms with van der Waals surface area (Å²) in [5.74, 6) is 1.21. The summed E-state index contributed by atoms with van der Waals surface area (Å²) in [5.41, 5.74) is 0.788. The van der Waals surface area contributed by atoms with Gasteiger partial charge in [-0.25, -0.2) is 4.79 Å². The Labute approximate surface area is 138 Å². The molecule has 1 heterocycles. The number of oxime groups is 1. The van der Waals surface area contributed by atoms with Crippen molar-refractivity contribution in [2.75, 3.05) is 6.61 Å². The van der Waals surface area contributed by atoms with E-state index in [-0.39, 0.29) is 23.9 Å². The van der Waals surface area contributed by atoms with Crippen molar-refractivity contribution in [3.63, 3.8) is 0 Å². The number of halogens is 1. The van der Waals surface area contributed by atoms with E-state index in [1.54, 1.807) is 0 Å². The summed E-state index contributed by atoms with van der Waals surface area (Å²) in [4.78, 5) is 17.9. The lowest BCUT2D eigenvalue weighted by Gasteiger charge is -2.43. The minimum atomic E-state index is -0.314. The maximum atomic E-state index is 12.2. The zero-order valence-corrected chi connectivity index (χ0v) is 14.4. The summed E-state index contributed by atoms with van der Waals surface area (Å²) >= 11 is 3.58. The predicted molar refractivity (Wildman–Crippen MR) is 86.4 cm³/mol. The van der Waals surface area contributed by atoms with Crippen LogP contribution in [0.5, 0.6) is 0 Å². The quantitative estimate of drug-likeness (QED) is 0.704. The molecule has 5 heteroatoms. The Morgan fingerprint density at radius 3 is 3.00 bits per heavy atom. The van der Waals surface area contributed by atoms with E-state index >= 15 is 0 Å². The highest BCUT2D eigenvalue weighted by Crippen LogP contribution is 2.68. The molecule has 0 N–H and O–H groups in total. The molecule has 0 aromatic heterocycles. The lowest BCUT2D eigenvalue weighted by Crippen LogP contribution is -2.47. The van der Waals surface area contributed by atoms with Gasteiger partial charge in [-0.3, -0.25) is 0 Å². The van der Waals surface area contributed by atoms with Gasteiger partial charge < -0.3 is 9.57 Å². The summed E-state index contributed by atoms with van der Waals surface area (Å²) in [6.07, 6.45) is 8.87. The number of carbonyl (C=O) groups is 1. The second kappa shape index (κ2) is 4.95. The van der Waals surface area contributed by atoms with Crippen LogP contribution in [0.2, 0.25) is 0 Å². The van der Waals surface area contributed by atoms with E-state index in [4.69, 9.17) is 9.57 Å². The summed E-state index contributed by atoms with van der Waals surface area (Å²) < 4.78 is 6.25. The molecule has 0 aromatic rings. The first-order valence-corrected chi connectivity index (χ1v) is 8.82. The van der Waals surface area contributed by atoms with Crippen molar-refractivity contribution in [2.24, 2.45) is 34.2 Å². The second-order valence-electron chi connectivity index (χ2n) is 6.93. The molecule has 118 valence electrons. The number of allylic oxidation sites excluding steroid dienone is 3. The van der Waals surface area contributed by atoms with E-state index in [2.05, 4.69) is 46.2 Å². The van der Waals surface area contributed by atoms with Crippen molar-refractivity contribution in [1.29, 1.82) is 0 Å². The van der Waals surface area contributed by atoms with Gasteiger partial charge in [-0.15, -0.1) is 0 Å². The van der Waals surface area contributed by atoms with Crippen molar-refractivity contribution in [3.8, 4) is 0 Å². The van der Waals surface area contributed by atoms with E-state index in [0.29, 0.717) is 29.6 Å². The highest BCUT2D eigenvalue weighted by Gasteiger charge is 2.65. The molecule has 0 saturated heterocycles. The number of carbonyl (C=O) groups excluding carboxylic acids is 1. The Bertz CT molecular complexity index is 611. The average molecular weight is 366 g/mol. The monoisotopic (exact) mass is 365 g/mol. The normalized spacial score (nSPS) is 44.6. The maximum Gasteiger partial charge on any atom is 0.356 e. The lowest BCUT2D eigenvalue weighted by molar-refractivity contribution is -0.135. The summed E-state index contributed by atoms with van der Waals surface area (Å²) in [7, 11) is 0. The molecule has 2 fully saturated rings. The molecule has 0 radical (unpaired) electrons. The molecule has 4 rings (SSSR count). The lowest BCUT2D eigenvalue weighted by atomic mass is 9.61. The first-order valence-electron chi connectivity index (χ1n) is 8.03. The van der Waals surface area contributed by atoms with Crippen LogP contribution >= 0.6 is 15.9 Å². The van der Waals surface area contributed by atoms with Crippen molar-refractivity contribution in [3.05, 3.63) is 22.7 Å². The van der Waals surface area contributed by atoms with Crippen molar-refractivity contribution >= 4 is 27.6 Å². The minimum Gasteiger partial charge on any atom is -0.461 e. The van der Waals surface area contributed by atoms with Crippen LogP contribution in [-0.2, 0) is 14.4 Å². The molecule has 6 atom stereocenters. The molecule has 2 saturated carbocycles. The number of fused-ring (bicyclic) bond motifs is 4. The Morgan fingerprint density at radius 2 is 2.32 bits per heavy atom. The fourth-order valence-corrected chi connectivity index (χ4v) is 5.16. The van der Waals surface area contributed by atoms with Crippen LogP contribution in [-0.4, -0.2) is 24.4 Å². The Kier molecular flexibility index (Phi) is 3.26. The molecule has 3 aliphatic carbocycles. The van der Waals surface area contributed by atoms with Crippen LogP contribution in [0, 0.1) is 29.1 Å². The predicted octanol–water partition coefficient (Wildman–Crippen LogP) is 3.43. The van der Waals surface area contributed by atoms with Gasteiger partial charge in [-0.1, -0.05) is 46.2 Å². The van der Waals surface area contributed by atoms with Crippen LogP contribution in [0.3, 0.4) is 0 Å². The standard InChI is InChI=1S/C17H20BrNO3/c1-3-21-16(20)14-12-8-17(7-9(17)2)13-5-4-10(18)6-11(13)15(12)22-19-14/h4-6,9,11-13,15H,3,7-8H2,1-2H3/t9-,11?,12?,13?,15?,17?/m0/s1. The third-order valence-electron chi connectivity index (χ3n) is 5.88. The van der Waals surface area contributed by atoms with E-state index < -0.39 is 0 Å².